The van der Waals surface area contributed by atoms with Crippen molar-refractivity contribution < 1.29 is 4.79 Å². The summed E-state index contributed by atoms with van der Waals surface area (Å²) in [6, 6.07) is 0.567. The lowest BCUT2D eigenvalue weighted by molar-refractivity contribution is -0.127. The smallest absolute Gasteiger partial charge is 0.138 e. The number of hydrogen-bond acceptors (Lipinski definition) is 3. The summed E-state index contributed by atoms with van der Waals surface area (Å²) in [4.78, 5) is 15.1. The number of hydrogen-bond donors (Lipinski definition) is 0. The summed E-state index contributed by atoms with van der Waals surface area (Å²) in [5, 5.41) is 4.70. The first-order chi connectivity index (χ1) is 14.0. The van der Waals surface area contributed by atoms with E-state index in [2.05, 4.69) is 49.7 Å². The maximum Gasteiger partial charge on any atom is 0.138 e. The maximum absolute atomic E-state index is 12.5. The fourth-order valence-corrected chi connectivity index (χ4v) is 5.37. The summed E-state index contributed by atoms with van der Waals surface area (Å²) in [6.07, 6.45) is 15.0. The van der Waals surface area contributed by atoms with Gasteiger partial charge in [-0.05, 0) is 68.8 Å². The van der Waals surface area contributed by atoms with Gasteiger partial charge in [-0.2, -0.15) is 5.10 Å². The molecular formula is C25H43N3O. The van der Waals surface area contributed by atoms with E-state index in [0.717, 1.165) is 25.2 Å². The molecular weight excluding hydrogens is 358 g/mol. The molecule has 0 N–H and O–H groups in total. The molecule has 1 aromatic rings. The van der Waals surface area contributed by atoms with Gasteiger partial charge in [0.25, 0.3) is 0 Å². The molecule has 1 saturated heterocycles. The van der Waals surface area contributed by atoms with Crippen LogP contribution in [0.2, 0.25) is 0 Å². The van der Waals surface area contributed by atoms with E-state index < -0.39 is 0 Å². The number of ketones is 1. The molecule has 3 rings (SSSR count). The molecule has 29 heavy (non-hydrogen) atoms. The number of nitrogens with zero attached hydrogens (tertiary/aromatic N) is 3. The Morgan fingerprint density at radius 3 is 2.41 bits per heavy atom. The highest BCUT2D eigenvalue weighted by Crippen LogP contribution is 2.33. The number of carbonyl (C=O) groups is 1. The largest absolute Gasteiger partial charge is 0.303 e. The highest BCUT2D eigenvalue weighted by atomic mass is 16.1. The number of piperidine rings is 1. The molecule has 0 spiro atoms. The maximum atomic E-state index is 12.5. The molecule has 0 aromatic carbocycles. The van der Waals surface area contributed by atoms with Gasteiger partial charge in [0.05, 0.1) is 12.2 Å². The van der Waals surface area contributed by atoms with Gasteiger partial charge in [0, 0.05) is 37.7 Å². The monoisotopic (exact) mass is 401 g/mol. The van der Waals surface area contributed by atoms with Crippen LogP contribution in [0.5, 0.6) is 0 Å². The van der Waals surface area contributed by atoms with Crippen LogP contribution in [0.4, 0.5) is 0 Å². The SMILES string of the molecule is CCCC(C)c1cnn(C2CCN(C[C@H]3CC[C@@H](C(=O)C(C)CC)CC3)CC2)c1. The van der Waals surface area contributed by atoms with Crippen molar-refractivity contribution in [1.82, 2.24) is 14.7 Å². The first-order valence-corrected chi connectivity index (χ1v) is 12.3. The number of rotatable bonds is 9. The van der Waals surface area contributed by atoms with Crippen molar-refractivity contribution in [2.45, 2.75) is 97.4 Å². The van der Waals surface area contributed by atoms with Crippen molar-refractivity contribution in [2.24, 2.45) is 17.8 Å². The lowest BCUT2D eigenvalue weighted by Gasteiger charge is -2.36. The van der Waals surface area contributed by atoms with Gasteiger partial charge in [-0.1, -0.05) is 34.1 Å². The van der Waals surface area contributed by atoms with E-state index in [1.54, 1.807) is 0 Å². The van der Waals surface area contributed by atoms with Crippen LogP contribution in [0.3, 0.4) is 0 Å². The molecule has 4 heteroatoms. The van der Waals surface area contributed by atoms with Gasteiger partial charge < -0.3 is 4.90 Å². The van der Waals surface area contributed by atoms with Crippen LogP contribution >= 0.6 is 0 Å². The zero-order chi connectivity index (χ0) is 20.8. The predicted octanol–water partition coefficient (Wildman–Crippen LogP) is 5.85. The third-order valence-corrected chi connectivity index (χ3v) is 7.71. The standard InChI is InChI=1S/C25H43N3O/c1-5-7-20(4)23-16-26-28(18-23)24-12-14-27(15-13-24)17-21-8-10-22(11-9-21)25(29)19(3)6-2/h16,18-22,24H,5-15,17H2,1-4H3/t19?,20?,21-,22+. The molecule has 2 unspecified atom stereocenters. The molecule has 0 amide bonds. The second-order valence-corrected chi connectivity index (χ2v) is 9.90. The van der Waals surface area contributed by atoms with E-state index in [9.17, 15) is 4.79 Å². The Kier molecular flexibility index (Phi) is 8.35. The van der Waals surface area contributed by atoms with Crippen molar-refractivity contribution in [3.05, 3.63) is 18.0 Å². The van der Waals surface area contributed by atoms with Gasteiger partial charge in [0.2, 0.25) is 0 Å². The number of Topliss-reactive ketones (excluding diaryl/α,β-unsaturated/α-hetero) is 1. The molecule has 1 aliphatic heterocycles. The molecule has 1 aromatic heterocycles. The molecule has 2 aliphatic rings. The molecule has 1 saturated carbocycles. The van der Waals surface area contributed by atoms with Crippen LogP contribution in [-0.2, 0) is 4.79 Å². The van der Waals surface area contributed by atoms with E-state index in [1.807, 2.05) is 0 Å². The third kappa shape index (κ3) is 5.93. The van der Waals surface area contributed by atoms with Gasteiger partial charge >= 0.3 is 0 Å². The molecule has 164 valence electrons. The summed E-state index contributed by atoms with van der Waals surface area (Å²) in [5.41, 5.74) is 1.40. The normalized spacial score (nSPS) is 26.3. The second-order valence-electron chi connectivity index (χ2n) is 9.90. The second kappa shape index (κ2) is 10.7. The fraction of sp³-hybridized carbons (Fsp3) is 0.840. The van der Waals surface area contributed by atoms with E-state index in [4.69, 9.17) is 5.10 Å². The number of aromatic nitrogens is 2. The highest BCUT2D eigenvalue weighted by molar-refractivity contribution is 5.83. The topological polar surface area (TPSA) is 38.1 Å². The van der Waals surface area contributed by atoms with E-state index in [-0.39, 0.29) is 5.92 Å². The van der Waals surface area contributed by atoms with Crippen LogP contribution in [0.25, 0.3) is 0 Å². The van der Waals surface area contributed by atoms with Gasteiger partial charge in [0.1, 0.15) is 5.78 Å². The van der Waals surface area contributed by atoms with E-state index in [1.165, 1.54) is 63.7 Å². The molecule has 0 bridgehead atoms. The Hall–Kier alpha value is -1.16. The lowest BCUT2D eigenvalue weighted by Crippen LogP contribution is -2.39. The zero-order valence-electron chi connectivity index (χ0n) is 19.3. The average Bonchev–Trinajstić information content (AvgIpc) is 3.24. The van der Waals surface area contributed by atoms with Crippen molar-refractivity contribution >= 4 is 5.78 Å². The molecule has 2 fully saturated rings. The van der Waals surface area contributed by atoms with Crippen LogP contribution in [0, 0.1) is 17.8 Å². The van der Waals surface area contributed by atoms with Crippen molar-refractivity contribution in [1.29, 1.82) is 0 Å². The van der Waals surface area contributed by atoms with E-state index >= 15 is 0 Å². The Balaban J connectivity index is 1.40. The quantitative estimate of drug-likeness (QED) is 0.521. The van der Waals surface area contributed by atoms with Crippen LogP contribution in [0.15, 0.2) is 12.4 Å². The summed E-state index contributed by atoms with van der Waals surface area (Å²) in [6.45, 7) is 12.4. The molecule has 2 atom stereocenters. The zero-order valence-corrected chi connectivity index (χ0v) is 19.3. The van der Waals surface area contributed by atoms with Crippen LogP contribution < -0.4 is 0 Å². The summed E-state index contributed by atoms with van der Waals surface area (Å²) in [5.74, 6) is 2.54. The van der Waals surface area contributed by atoms with Crippen LogP contribution in [0.1, 0.15) is 103 Å². The van der Waals surface area contributed by atoms with Crippen molar-refractivity contribution in [3.8, 4) is 0 Å². The van der Waals surface area contributed by atoms with Gasteiger partial charge in [-0.3, -0.25) is 9.48 Å². The molecule has 2 heterocycles. The number of carbonyl (C=O) groups excluding carboxylic acids is 1. The molecule has 4 nitrogen and oxygen atoms in total. The first-order valence-electron chi connectivity index (χ1n) is 12.3. The minimum atomic E-state index is 0.253. The average molecular weight is 402 g/mol. The lowest BCUT2D eigenvalue weighted by atomic mass is 9.77. The van der Waals surface area contributed by atoms with Crippen molar-refractivity contribution in [2.75, 3.05) is 19.6 Å². The highest BCUT2D eigenvalue weighted by Gasteiger charge is 2.30. The summed E-state index contributed by atoms with van der Waals surface area (Å²) in [7, 11) is 0. The fourth-order valence-electron chi connectivity index (χ4n) is 5.37. The minimum absolute atomic E-state index is 0.253. The minimum Gasteiger partial charge on any atom is -0.303 e. The first kappa shape index (κ1) is 22.5. The Labute approximate surface area is 178 Å². The predicted molar refractivity (Wildman–Crippen MR) is 120 cm³/mol. The molecule has 1 aliphatic carbocycles. The van der Waals surface area contributed by atoms with Gasteiger partial charge in [0.15, 0.2) is 0 Å². The van der Waals surface area contributed by atoms with Crippen molar-refractivity contribution in [3.63, 3.8) is 0 Å². The summed E-state index contributed by atoms with van der Waals surface area (Å²) < 4.78 is 2.24. The van der Waals surface area contributed by atoms with Crippen LogP contribution in [-0.4, -0.2) is 40.1 Å². The Morgan fingerprint density at radius 2 is 1.79 bits per heavy atom. The van der Waals surface area contributed by atoms with Gasteiger partial charge in [-0.15, -0.1) is 0 Å². The third-order valence-electron chi connectivity index (χ3n) is 7.71. The Morgan fingerprint density at radius 1 is 1.10 bits per heavy atom. The Bertz CT molecular complexity index is 624. The molecule has 0 radical (unpaired) electrons. The van der Waals surface area contributed by atoms with E-state index in [0.29, 0.717) is 23.7 Å². The van der Waals surface area contributed by atoms with Gasteiger partial charge in [-0.25, -0.2) is 0 Å². The summed E-state index contributed by atoms with van der Waals surface area (Å²) >= 11 is 0. The number of likely N-dealkylation sites (tertiary alicyclic amines) is 1.